The molecule has 2 N–H and O–H groups in total. The molecule has 0 aromatic heterocycles. The Kier molecular flexibility index (Phi) is 10.9. The SMILES string of the molecule is CC(F)(F)CC(Cl)OC1CNC1.Cl.Cl.FC1(F)CC(OC2CNC2)C1. The van der Waals surface area contributed by atoms with Crippen molar-refractivity contribution in [1.82, 2.24) is 10.6 Å². The van der Waals surface area contributed by atoms with Crippen LogP contribution in [-0.4, -0.2) is 61.9 Å². The molecular weight excluding hydrogens is 411 g/mol. The molecule has 25 heavy (non-hydrogen) atoms. The first kappa shape index (κ1) is 25.4. The van der Waals surface area contributed by atoms with Crippen molar-refractivity contribution in [3.8, 4) is 0 Å². The quantitative estimate of drug-likeness (QED) is 0.497. The topological polar surface area (TPSA) is 42.5 Å². The molecule has 0 amide bonds. The molecule has 3 rings (SSSR count). The first-order valence-corrected chi connectivity index (χ1v) is 8.19. The van der Waals surface area contributed by atoms with Crippen LogP contribution >= 0.6 is 36.4 Å². The molecule has 0 aromatic rings. The van der Waals surface area contributed by atoms with Crippen molar-refractivity contribution in [1.29, 1.82) is 0 Å². The Bertz CT molecular complexity index is 376. The van der Waals surface area contributed by atoms with Crippen LogP contribution < -0.4 is 10.6 Å². The molecule has 0 radical (unpaired) electrons. The molecule has 3 aliphatic rings. The summed E-state index contributed by atoms with van der Waals surface area (Å²) in [7, 11) is 0. The third-order valence-corrected chi connectivity index (χ3v) is 4.04. The van der Waals surface area contributed by atoms with Crippen LogP contribution in [0.25, 0.3) is 0 Å². The Balaban J connectivity index is 0.000000427. The van der Waals surface area contributed by atoms with E-state index < -0.39 is 23.8 Å². The monoisotopic (exact) mass is 434 g/mol. The maximum absolute atomic E-state index is 12.4. The Morgan fingerprint density at radius 2 is 1.52 bits per heavy atom. The number of halogens is 7. The van der Waals surface area contributed by atoms with Crippen molar-refractivity contribution < 1.29 is 27.0 Å². The molecule has 0 bridgehead atoms. The molecule has 1 unspecified atom stereocenters. The van der Waals surface area contributed by atoms with E-state index in [2.05, 4.69) is 10.6 Å². The summed E-state index contributed by atoms with van der Waals surface area (Å²) in [4.78, 5) is 0. The summed E-state index contributed by atoms with van der Waals surface area (Å²) in [5, 5.41) is 5.98. The van der Waals surface area contributed by atoms with E-state index in [1.165, 1.54) is 0 Å². The lowest BCUT2D eigenvalue weighted by Gasteiger charge is -2.39. The summed E-state index contributed by atoms with van der Waals surface area (Å²) < 4.78 is 59.7. The van der Waals surface area contributed by atoms with E-state index in [-0.39, 0.29) is 56.0 Å². The maximum Gasteiger partial charge on any atom is 0.253 e. The minimum Gasteiger partial charge on any atom is -0.372 e. The molecule has 11 heteroatoms. The van der Waals surface area contributed by atoms with Gasteiger partial charge in [0.2, 0.25) is 5.92 Å². The van der Waals surface area contributed by atoms with Crippen LogP contribution in [-0.2, 0) is 9.47 Å². The smallest absolute Gasteiger partial charge is 0.253 e. The summed E-state index contributed by atoms with van der Waals surface area (Å²) >= 11 is 5.54. The fourth-order valence-corrected chi connectivity index (χ4v) is 2.65. The second-order valence-electron chi connectivity index (χ2n) is 6.40. The Labute approximate surface area is 162 Å². The van der Waals surface area contributed by atoms with Gasteiger partial charge in [0.15, 0.2) is 0 Å². The highest BCUT2D eigenvalue weighted by Crippen LogP contribution is 2.39. The van der Waals surface area contributed by atoms with E-state index in [9.17, 15) is 17.6 Å². The lowest BCUT2D eigenvalue weighted by molar-refractivity contribution is -0.187. The van der Waals surface area contributed by atoms with Crippen molar-refractivity contribution in [3.63, 3.8) is 0 Å². The molecule has 1 aliphatic carbocycles. The molecule has 2 aliphatic heterocycles. The number of ether oxygens (including phenoxy) is 2. The predicted molar refractivity (Wildman–Crippen MR) is 92.8 cm³/mol. The molecule has 4 nitrogen and oxygen atoms in total. The molecule has 2 heterocycles. The van der Waals surface area contributed by atoms with Crippen LogP contribution in [0.2, 0.25) is 0 Å². The molecular formula is C14H25Cl3F4N2O2. The second-order valence-corrected chi connectivity index (χ2v) is 6.89. The first-order chi connectivity index (χ1) is 10.6. The van der Waals surface area contributed by atoms with Gasteiger partial charge in [-0.15, -0.1) is 24.8 Å². The predicted octanol–water partition coefficient (Wildman–Crippen LogP) is 3.20. The van der Waals surface area contributed by atoms with Gasteiger partial charge in [0, 0.05) is 39.0 Å². The molecule has 0 spiro atoms. The minimum absolute atomic E-state index is 0. The zero-order chi connectivity index (χ0) is 17.1. The highest BCUT2D eigenvalue weighted by Gasteiger charge is 2.47. The first-order valence-electron chi connectivity index (χ1n) is 7.75. The number of hydrogen-bond donors (Lipinski definition) is 2. The molecule has 2 saturated heterocycles. The van der Waals surface area contributed by atoms with Gasteiger partial charge in [0.25, 0.3) is 5.92 Å². The van der Waals surface area contributed by atoms with Gasteiger partial charge in [-0.3, -0.25) is 0 Å². The minimum atomic E-state index is -2.75. The third kappa shape index (κ3) is 9.79. The van der Waals surface area contributed by atoms with Crippen molar-refractivity contribution in [2.75, 3.05) is 26.2 Å². The summed E-state index contributed by atoms with van der Waals surface area (Å²) in [5.41, 5.74) is -0.878. The highest BCUT2D eigenvalue weighted by molar-refractivity contribution is 6.19. The molecule has 1 atom stereocenters. The van der Waals surface area contributed by atoms with Gasteiger partial charge in [0.1, 0.15) is 5.56 Å². The maximum atomic E-state index is 12.4. The van der Waals surface area contributed by atoms with Crippen molar-refractivity contribution in [2.24, 2.45) is 0 Å². The number of nitrogens with one attached hydrogen (secondary N) is 2. The van der Waals surface area contributed by atoms with E-state index >= 15 is 0 Å². The van der Waals surface area contributed by atoms with Gasteiger partial charge >= 0.3 is 0 Å². The van der Waals surface area contributed by atoms with Gasteiger partial charge < -0.3 is 20.1 Å². The Morgan fingerprint density at radius 1 is 1.04 bits per heavy atom. The van der Waals surface area contributed by atoms with Crippen molar-refractivity contribution >= 4 is 36.4 Å². The average molecular weight is 436 g/mol. The standard InChI is InChI=1S/C7H12ClF2NO.C7H11F2NO.2ClH/c1-7(9,10)2-6(8)12-5-3-11-4-5;8-7(9)1-5(2-7)11-6-3-10-4-6;;/h5-6,11H,2-4H2,1H3;5-6,10H,1-4H2;2*1H. The normalized spacial score (nSPS) is 24.2. The van der Waals surface area contributed by atoms with E-state index in [0.717, 1.165) is 20.0 Å². The van der Waals surface area contributed by atoms with Crippen LogP contribution in [0.1, 0.15) is 26.2 Å². The zero-order valence-corrected chi connectivity index (χ0v) is 16.2. The van der Waals surface area contributed by atoms with Crippen LogP contribution in [0.5, 0.6) is 0 Å². The van der Waals surface area contributed by atoms with Crippen LogP contribution in [0.4, 0.5) is 17.6 Å². The summed E-state index contributed by atoms with van der Waals surface area (Å²) in [6, 6.07) is 0. The molecule has 1 saturated carbocycles. The van der Waals surface area contributed by atoms with Gasteiger partial charge in [-0.25, -0.2) is 17.6 Å². The number of hydrogen-bond acceptors (Lipinski definition) is 4. The molecule has 3 fully saturated rings. The van der Waals surface area contributed by atoms with Gasteiger partial charge in [-0.2, -0.15) is 0 Å². The largest absolute Gasteiger partial charge is 0.372 e. The fraction of sp³-hybridized carbons (Fsp3) is 1.00. The molecule has 152 valence electrons. The third-order valence-electron chi connectivity index (χ3n) is 3.78. The van der Waals surface area contributed by atoms with E-state index in [0.29, 0.717) is 13.1 Å². The molecule has 0 aromatic carbocycles. The highest BCUT2D eigenvalue weighted by atomic mass is 35.5. The lowest BCUT2D eigenvalue weighted by atomic mass is 9.90. The van der Waals surface area contributed by atoms with Gasteiger partial charge in [-0.05, 0) is 6.92 Å². The van der Waals surface area contributed by atoms with E-state index in [4.69, 9.17) is 21.1 Å². The van der Waals surface area contributed by atoms with Crippen LogP contribution in [0.15, 0.2) is 0 Å². The lowest BCUT2D eigenvalue weighted by Crippen LogP contribution is -2.53. The zero-order valence-electron chi connectivity index (χ0n) is 13.8. The summed E-state index contributed by atoms with van der Waals surface area (Å²) in [6.07, 6.45) is -0.569. The fourth-order valence-electron chi connectivity index (χ4n) is 2.23. The van der Waals surface area contributed by atoms with Gasteiger partial charge in [0.05, 0.1) is 24.7 Å². The summed E-state index contributed by atoms with van der Waals surface area (Å²) in [6.45, 7) is 3.89. The van der Waals surface area contributed by atoms with Crippen LogP contribution in [0.3, 0.4) is 0 Å². The summed E-state index contributed by atoms with van der Waals surface area (Å²) in [5.74, 6) is -5.19. The second kappa shape index (κ2) is 10.7. The van der Waals surface area contributed by atoms with Crippen molar-refractivity contribution in [3.05, 3.63) is 0 Å². The Hall–Kier alpha value is 0.430. The van der Waals surface area contributed by atoms with Crippen LogP contribution in [0, 0.1) is 0 Å². The van der Waals surface area contributed by atoms with E-state index in [1.54, 1.807) is 0 Å². The van der Waals surface area contributed by atoms with E-state index in [1.807, 2.05) is 0 Å². The number of rotatable bonds is 6. The van der Waals surface area contributed by atoms with Gasteiger partial charge in [-0.1, -0.05) is 11.6 Å². The van der Waals surface area contributed by atoms with Crippen molar-refractivity contribution in [2.45, 2.75) is 61.9 Å². The average Bonchev–Trinajstić information content (AvgIpc) is 2.24. The number of alkyl halides is 5. The Morgan fingerprint density at radius 3 is 1.84 bits per heavy atom.